The Bertz CT molecular complexity index is 167. The van der Waals surface area contributed by atoms with E-state index in [2.05, 4.69) is 11.8 Å². The average Bonchev–Trinajstić information content (AvgIpc) is 2.29. The van der Waals surface area contributed by atoms with Gasteiger partial charge in [0.15, 0.2) is 0 Å². The van der Waals surface area contributed by atoms with Gasteiger partial charge in [0.1, 0.15) is 0 Å². The first-order valence-electron chi connectivity index (χ1n) is 6.74. The van der Waals surface area contributed by atoms with Crippen LogP contribution in [0.25, 0.3) is 0 Å². The van der Waals surface area contributed by atoms with E-state index in [1.807, 2.05) is 6.92 Å². The Kier molecular flexibility index (Phi) is 7.01. The maximum absolute atomic E-state index is 9.74. The lowest BCUT2D eigenvalue weighted by Gasteiger charge is -2.33. The van der Waals surface area contributed by atoms with Crippen LogP contribution in [0.15, 0.2) is 0 Å². The number of aliphatic hydroxyl groups is 1. The van der Waals surface area contributed by atoms with E-state index in [1.165, 1.54) is 25.7 Å². The van der Waals surface area contributed by atoms with Crippen molar-refractivity contribution in [2.45, 2.75) is 45.6 Å². The van der Waals surface area contributed by atoms with Crippen LogP contribution >= 0.6 is 0 Å². The van der Waals surface area contributed by atoms with E-state index in [9.17, 15) is 5.11 Å². The molecule has 0 spiro atoms. The van der Waals surface area contributed by atoms with Crippen molar-refractivity contribution >= 4 is 0 Å². The van der Waals surface area contributed by atoms with Crippen LogP contribution in [0.2, 0.25) is 0 Å². The third-order valence-electron chi connectivity index (χ3n) is 3.39. The van der Waals surface area contributed by atoms with Gasteiger partial charge < -0.3 is 14.7 Å². The zero-order chi connectivity index (χ0) is 11.8. The Morgan fingerprint density at radius 1 is 1.31 bits per heavy atom. The molecule has 16 heavy (non-hydrogen) atoms. The van der Waals surface area contributed by atoms with E-state index < -0.39 is 0 Å². The first kappa shape index (κ1) is 13.9. The molecular weight excluding hydrogens is 202 g/mol. The maximum atomic E-state index is 9.74. The number of ether oxygens (including phenoxy) is 1. The Morgan fingerprint density at radius 3 is 2.56 bits per heavy atom. The summed E-state index contributed by atoms with van der Waals surface area (Å²) in [5, 5.41) is 9.74. The SMILES string of the molecule is CCCC1CCN(CC(O)COCC)CC1. The summed E-state index contributed by atoms with van der Waals surface area (Å²) in [6, 6.07) is 0. The minimum absolute atomic E-state index is 0.317. The second-order valence-corrected chi connectivity index (χ2v) is 4.85. The summed E-state index contributed by atoms with van der Waals surface area (Å²) in [5.41, 5.74) is 0. The molecule has 0 aromatic rings. The normalized spacial score (nSPS) is 21.2. The van der Waals surface area contributed by atoms with Crippen LogP contribution in [0.1, 0.15) is 39.5 Å². The van der Waals surface area contributed by atoms with Crippen molar-refractivity contribution in [3.63, 3.8) is 0 Å². The van der Waals surface area contributed by atoms with Crippen LogP contribution in [0.5, 0.6) is 0 Å². The molecule has 1 N–H and O–H groups in total. The van der Waals surface area contributed by atoms with E-state index in [-0.39, 0.29) is 6.10 Å². The van der Waals surface area contributed by atoms with Crippen molar-refractivity contribution in [3.8, 4) is 0 Å². The van der Waals surface area contributed by atoms with Crippen molar-refractivity contribution < 1.29 is 9.84 Å². The standard InChI is InChI=1S/C13H27NO2/c1-3-5-12-6-8-14(9-7-12)10-13(15)11-16-4-2/h12-13,15H,3-11H2,1-2H3. The molecule has 96 valence electrons. The van der Waals surface area contributed by atoms with Gasteiger partial charge in [-0.05, 0) is 38.8 Å². The fraction of sp³-hybridized carbons (Fsp3) is 1.00. The van der Waals surface area contributed by atoms with E-state index in [0.29, 0.717) is 13.2 Å². The molecule has 1 atom stereocenters. The summed E-state index contributed by atoms with van der Waals surface area (Å²) in [5.74, 6) is 0.922. The number of aliphatic hydroxyl groups excluding tert-OH is 1. The van der Waals surface area contributed by atoms with Crippen LogP contribution in [-0.4, -0.2) is 49.0 Å². The molecule has 1 saturated heterocycles. The maximum Gasteiger partial charge on any atom is 0.0900 e. The predicted molar refractivity (Wildman–Crippen MR) is 66.6 cm³/mol. The second-order valence-electron chi connectivity index (χ2n) is 4.85. The highest BCUT2D eigenvalue weighted by Gasteiger charge is 2.20. The van der Waals surface area contributed by atoms with E-state index in [4.69, 9.17) is 4.74 Å². The molecule has 1 fully saturated rings. The van der Waals surface area contributed by atoms with Crippen LogP contribution in [0, 0.1) is 5.92 Å². The van der Waals surface area contributed by atoms with Gasteiger partial charge in [-0.2, -0.15) is 0 Å². The largest absolute Gasteiger partial charge is 0.389 e. The quantitative estimate of drug-likeness (QED) is 0.723. The van der Waals surface area contributed by atoms with Crippen molar-refractivity contribution in [3.05, 3.63) is 0 Å². The number of piperidine rings is 1. The highest BCUT2D eigenvalue weighted by Crippen LogP contribution is 2.21. The van der Waals surface area contributed by atoms with Crippen LogP contribution in [0.4, 0.5) is 0 Å². The van der Waals surface area contributed by atoms with Crippen molar-refractivity contribution in [1.29, 1.82) is 0 Å². The third-order valence-corrected chi connectivity index (χ3v) is 3.39. The summed E-state index contributed by atoms with van der Waals surface area (Å²) in [4.78, 5) is 2.37. The summed E-state index contributed by atoms with van der Waals surface area (Å²) < 4.78 is 5.22. The molecule has 1 unspecified atom stereocenters. The van der Waals surface area contributed by atoms with Crippen LogP contribution < -0.4 is 0 Å². The Morgan fingerprint density at radius 2 is 2.00 bits per heavy atom. The zero-order valence-electron chi connectivity index (χ0n) is 10.8. The molecule has 1 rings (SSSR count). The van der Waals surface area contributed by atoms with Gasteiger partial charge in [0.2, 0.25) is 0 Å². The summed E-state index contributed by atoms with van der Waals surface area (Å²) in [7, 11) is 0. The van der Waals surface area contributed by atoms with Gasteiger partial charge in [-0.15, -0.1) is 0 Å². The third kappa shape index (κ3) is 5.28. The topological polar surface area (TPSA) is 32.7 Å². The fourth-order valence-corrected chi connectivity index (χ4v) is 2.47. The van der Waals surface area contributed by atoms with Gasteiger partial charge in [-0.3, -0.25) is 0 Å². The van der Waals surface area contributed by atoms with Gasteiger partial charge in [-0.25, -0.2) is 0 Å². The van der Waals surface area contributed by atoms with Crippen molar-refractivity contribution in [2.24, 2.45) is 5.92 Å². The molecule has 1 aliphatic rings. The number of hydrogen-bond donors (Lipinski definition) is 1. The van der Waals surface area contributed by atoms with Crippen LogP contribution in [-0.2, 0) is 4.74 Å². The monoisotopic (exact) mass is 229 g/mol. The molecular formula is C13H27NO2. The number of rotatable bonds is 7. The minimum atomic E-state index is -0.317. The molecule has 0 aromatic heterocycles. The lowest BCUT2D eigenvalue weighted by molar-refractivity contribution is 0.0144. The zero-order valence-corrected chi connectivity index (χ0v) is 10.8. The highest BCUT2D eigenvalue weighted by molar-refractivity contribution is 4.74. The Labute approximate surface area is 99.8 Å². The van der Waals surface area contributed by atoms with Gasteiger partial charge >= 0.3 is 0 Å². The molecule has 0 saturated carbocycles. The van der Waals surface area contributed by atoms with Gasteiger partial charge in [-0.1, -0.05) is 19.8 Å². The smallest absolute Gasteiger partial charge is 0.0900 e. The van der Waals surface area contributed by atoms with Gasteiger partial charge in [0.05, 0.1) is 12.7 Å². The van der Waals surface area contributed by atoms with Gasteiger partial charge in [0, 0.05) is 13.2 Å². The van der Waals surface area contributed by atoms with Crippen molar-refractivity contribution in [2.75, 3.05) is 32.8 Å². The minimum Gasteiger partial charge on any atom is -0.389 e. The van der Waals surface area contributed by atoms with Gasteiger partial charge in [0.25, 0.3) is 0 Å². The number of hydrogen-bond acceptors (Lipinski definition) is 3. The second kappa shape index (κ2) is 8.04. The molecule has 0 amide bonds. The molecule has 0 aliphatic carbocycles. The highest BCUT2D eigenvalue weighted by atomic mass is 16.5. The fourth-order valence-electron chi connectivity index (χ4n) is 2.47. The summed E-state index contributed by atoms with van der Waals surface area (Å²) >= 11 is 0. The van der Waals surface area contributed by atoms with Crippen LogP contribution in [0.3, 0.4) is 0 Å². The average molecular weight is 229 g/mol. The first-order valence-corrected chi connectivity index (χ1v) is 6.74. The number of β-amino-alcohol motifs (C(OH)–C–C–N with tert-alkyl or cyclic N) is 1. The number of likely N-dealkylation sites (tertiary alicyclic amines) is 1. The van der Waals surface area contributed by atoms with E-state index >= 15 is 0 Å². The molecule has 3 nitrogen and oxygen atoms in total. The summed E-state index contributed by atoms with van der Waals surface area (Å²) in [6.07, 6.45) is 4.96. The Hall–Kier alpha value is -0.120. The molecule has 1 aliphatic heterocycles. The first-order chi connectivity index (χ1) is 7.76. The molecule has 0 aromatic carbocycles. The molecule has 1 heterocycles. The number of nitrogens with zero attached hydrogens (tertiary/aromatic N) is 1. The molecule has 0 radical (unpaired) electrons. The molecule has 0 bridgehead atoms. The lowest BCUT2D eigenvalue weighted by Crippen LogP contribution is -2.40. The van der Waals surface area contributed by atoms with E-state index in [0.717, 1.165) is 25.6 Å². The molecule has 3 heteroatoms. The Balaban J connectivity index is 2.11. The lowest BCUT2D eigenvalue weighted by atomic mass is 9.92. The van der Waals surface area contributed by atoms with E-state index in [1.54, 1.807) is 0 Å². The predicted octanol–water partition coefficient (Wildman–Crippen LogP) is 1.90. The van der Waals surface area contributed by atoms with Crippen molar-refractivity contribution in [1.82, 2.24) is 4.90 Å². The summed E-state index contributed by atoms with van der Waals surface area (Å²) in [6.45, 7) is 8.46.